The van der Waals surface area contributed by atoms with E-state index >= 15 is 0 Å². The second-order valence-corrected chi connectivity index (χ2v) is 20.6. The van der Waals surface area contributed by atoms with Gasteiger partial charge in [0.1, 0.15) is 18.1 Å². The Morgan fingerprint density at radius 3 is 0.800 bits per heavy atom. The van der Waals surface area contributed by atoms with Gasteiger partial charge in [-0.15, -0.1) is 0 Å². The Balaban J connectivity index is 2.32. The predicted octanol–water partition coefficient (Wildman–Crippen LogP) is 7.48. The summed E-state index contributed by atoms with van der Waals surface area (Å²) in [5.74, 6) is -5.38. The van der Waals surface area contributed by atoms with Crippen LogP contribution in [-0.2, 0) is 28.9 Å². The topological polar surface area (TPSA) is 153 Å². The third-order valence-corrected chi connectivity index (χ3v) is 12.2. The molecule has 3 unspecified atom stereocenters. The molecule has 13 heteroatoms. The van der Waals surface area contributed by atoms with Gasteiger partial charge in [0, 0.05) is 33.2 Å². The molecule has 0 aromatic heterocycles. The minimum atomic E-state index is -1.41. The summed E-state index contributed by atoms with van der Waals surface area (Å²) < 4.78 is 0. The first-order valence-corrected chi connectivity index (χ1v) is 20.9. The molecule has 13 nitrogen and oxygen atoms in total. The van der Waals surface area contributed by atoms with E-state index in [1.165, 1.54) is 4.90 Å². The van der Waals surface area contributed by atoms with Crippen molar-refractivity contribution in [2.75, 3.05) is 19.8 Å². The van der Waals surface area contributed by atoms with Gasteiger partial charge in [-0.05, 0) is 159 Å². The molecule has 0 saturated carbocycles. The fourth-order valence-corrected chi connectivity index (χ4v) is 11.5. The van der Waals surface area contributed by atoms with Crippen LogP contribution >= 0.6 is 0 Å². The van der Waals surface area contributed by atoms with Crippen LogP contribution in [-0.4, -0.2) is 124 Å². The molecule has 3 N–H and O–H groups in total. The van der Waals surface area contributed by atoms with E-state index in [0.29, 0.717) is 58.3 Å². The number of piperidine rings is 3. The third-order valence-electron chi connectivity index (χ3n) is 12.2. The van der Waals surface area contributed by atoms with Crippen molar-refractivity contribution in [2.24, 2.45) is 17.8 Å². The predicted molar refractivity (Wildman–Crippen MR) is 213 cm³/mol. The molecule has 0 aliphatic carbocycles. The van der Waals surface area contributed by atoms with Crippen LogP contribution in [0.15, 0.2) is 0 Å². The fourth-order valence-electron chi connectivity index (χ4n) is 11.5. The van der Waals surface area contributed by atoms with Crippen molar-refractivity contribution in [2.45, 2.75) is 213 Å². The minimum Gasteiger partial charge on any atom is -0.480 e. The Morgan fingerprint density at radius 1 is 0.473 bits per heavy atom. The van der Waals surface area contributed by atoms with Crippen molar-refractivity contribution in [3.8, 4) is 0 Å². The molecule has 0 aromatic carbocycles. The van der Waals surface area contributed by atoms with E-state index in [9.17, 15) is 29.7 Å². The summed E-state index contributed by atoms with van der Waals surface area (Å²) in [6.07, 6.45) is 4.63. The first-order valence-electron chi connectivity index (χ1n) is 20.9. The molecule has 0 bridgehead atoms. The molecule has 0 aromatic rings. The third kappa shape index (κ3) is 10.4. The van der Waals surface area contributed by atoms with Gasteiger partial charge in [-0.2, -0.15) is 15.2 Å². The number of hydroxylamine groups is 6. The lowest BCUT2D eigenvalue weighted by Crippen LogP contribution is -2.71. The lowest BCUT2D eigenvalue weighted by Gasteiger charge is -2.59. The van der Waals surface area contributed by atoms with Crippen molar-refractivity contribution in [3.05, 3.63) is 0 Å². The smallest absolute Gasteiger partial charge is 0.321 e. The maximum atomic E-state index is 14.1. The average Bonchev–Trinajstić information content (AvgIpc) is 2.97. The molecule has 3 aliphatic rings. The molecule has 55 heavy (non-hydrogen) atoms. The Bertz CT molecular complexity index is 1120. The molecule has 320 valence electrons. The molecular formula is C42H78N4O9. The largest absolute Gasteiger partial charge is 0.480 e. The zero-order valence-electron chi connectivity index (χ0n) is 37.0. The van der Waals surface area contributed by atoms with E-state index in [0.717, 1.165) is 19.3 Å². The summed E-state index contributed by atoms with van der Waals surface area (Å²) in [4.78, 5) is 62.5. The molecule has 3 atom stereocenters. The van der Waals surface area contributed by atoms with Crippen LogP contribution in [0.25, 0.3) is 0 Å². The molecule has 3 heterocycles. The van der Waals surface area contributed by atoms with E-state index in [4.69, 9.17) is 14.5 Å². The Morgan fingerprint density at radius 2 is 0.655 bits per heavy atom. The lowest BCUT2D eigenvalue weighted by molar-refractivity contribution is -0.297. The zero-order chi connectivity index (χ0) is 42.1. The fraction of sp³-hybridized carbons (Fsp3) is 0.929. The van der Waals surface area contributed by atoms with Crippen LogP contribution in [0.5, 0.6) is 0 Å². The highest BCUT2D eigenvalue weighted by molar-refractivity contribution is 5.82. The first kappa shape index (κ1) is 47.5. The average molecular weight is 783 g/mol. The summed E-state index contributed by atoms with van der Waals surface area (Å²) in [5.41, 5.74) is -3.77. The number of aliphatic carboxylic acids is 3. The summed E-state index contributed by atoms with van der Waals surface area (Å²) in [6, 6.07) is -4.22. The van der Waals surface area contributed by atoms with Gasteiger partial charge >= 0.3 is 17.9 Å². The van der Waals surface area contributed by atoms with Crippen LogP contribution in [0.1, 0.15) is 162 Å². The number of carboxylic acids is 3. The first-order chi connectivity index (χ1) is 25.1. The quantitative estimate of drug-likeness (QED) is 0.126. The van der Waals surface area contributed by atoms with Crippen LogP contribution in [0, 0.1) is 17.8 Å². The molecule has 3 rings (SSSR count). The van der Waals surface area contributed by atoms with Gasteiger partial charge in [0.05, 0.1) is 19.8 Å². The molecular weight excluding hydrogens is 704 g/mol. The van der Waals surface area contributed by atoms with Crippen LogP contribution < -0.4 is 0 Å². The molecule has 3 fully saturated rings. The zero-order valence-corrected chi connectivity index (χ0v) is 37.0. The van der Waals surface area contributed by atoms with Crippen molar-refractivity contribution in [1.29, 1.82) is 0 Å². The van der Waals surface area contributed by atoms with Gasteiger partial charge in [0.15, 0.2) is 0 Å². The van der Waals surface area contributed by atoms with Gasteiger partial charge in [0.2, 0.25) is 0 Å². The van der Waals surface area contributed by atoms with Crippen molar-refractivity contribution >= 4 is 17.9 Å². The van der Waals surface area contributed by atoms with Gasteiger partial charge < -0.3 is 15.3 Å². The van der Waals surface area contributed by atoms with E-state index in [-0.39, 0.29) is 0 Å². The summed E-state index contributed by atoms with van der Waals surface area (Å²) >= 11 is 0. The Kier molecular flexibility index (Phi) is 15.2. The standard InChI is InChI=1S/C42H78N4O9/c1-16-19-53-44-37(4,5)22-28(23-38(44,6)7)31(34(47)48)43(32(35(49)50)29-24-39(8,9)45(54-20-17-2)40(10,11)25-29)33(36(51)52)30-26-41(12,13)46(55-21-18-3)42(14,15)27-30/h28-33H,16-27H2,1-15H3,(H,47,48)(H,49,50)(H,51,52). The monoisotopic (exact) mass is 783 g/mol. The lowest BCUT2D eigenvalue weighted by atomic mass is 9.67. The normalized spacial score (nSPS) is 26.4. The molecule has 0 spiro atoms. The number of hydrogen-bond donors (Lipinski definition) is 3. The molecule has 0 amide bonds. The van der Waals surface area contributed by atoms with Crippen molar-refractivity contribution < 1.29 is 44.2 Å². The van der Waals surface area contributed by atoms with E-state index < -0.39 is 87.0 Å². The van der Waals surface area contributed by atoms with Crippen molar-refractivity contribution in [3.63, 3.8) is 0 Å². The Hall–Kier alpha value is -1.87. The Labute approximate surface area is 332 Å². The highest BCUT2D eigenvalue weighted by Gasteiger charge is 2.60. The molecule has 3 aliphatic heterocycles. The van der Waals surface area contributed by atoms with Gasteiger partial charge in [-0.3, -0.25) is 33.8 Å². The number of rotatable bonds is 18. The van der Waals surface area contributed by atoms with E-state index in [1.54, 1.807) is 0 Å². The summed E-state index contributed by atoms with van der Waals surface area (Å²) in [5, 5.41) is 40.3. The van der Waals surface area contributed by atoms with Crippen molar-refractivity contribution in [1.82, 2.24) is 20.1 Å². The van der Waals surface area contributed by atoms with E-state index in [2.05, 4.69) is 0 Å². The number of hydrogen-bond acceptors (Lipinski definition) is 10. The maximum absolute atomic E-state index is 14.1. The second kappa shape index (κ2) is 17.5. The number of carboxylic acid groups (broad SMARTS) is 3. The number of carbonyl (C=O) groups is 3. The summed E-state index contributed by atoms with van der Waals surface area (Å²) in [7, 11) is 0. The SMILES string of the molecule is CCCON1C(C)(C)CC(C(C(=O)O)N(C(C(=O)O)C2CC(C)(C)N(OCCC)C(C)(C)C2)C(C(=O)O)C2CC(C)(C)N(OCCC)C(C)(C)C2)CC1(C)C. The van der Waals surface area contributed by atoms with Gasteiger partial charge in [0.25, 0.3) is 0 Å². The molecule has 3 saturated heterocycles. The van der Waals surface area contributed by atoms with Gasteiger partial charge in [-0.25, -0.2) is 0 Å². The number of nitrogens with zero attached hydrogens (tertiary/aromatic N) is 4. The molecule has 0 radical (unpaired) electrons. The van der Waals surface area contributed by atoms with Gasteiger partial charge in [-0.1, -0.05) is 20.8 Å². The summed E-state index contributed by atoms with van der Waals surface area (Å²) in [6.45, 7) is 31.9. The van der Waals surface area contributed by atoms with Crippen LogP contribution in [0.3, 0.4) is 0 Å². The second-order valence-electron chi connectivity index (χ2n) is 20.6. The van der Waals surface area contributed by atoms with E-state index in [1.807, 2.05) is 119 Å². The minimum absolute atomic E-state index is 0.368. The maximum Gasteiger partial charge on any atom is 0.321 e. The highest BCUT2D eigenvalue weighted by Crippen LogP contribution is 2.50. The van der Waals surface area contributed by atoms with Crippen LogP contribution in [0.2, 0.25) is 0 Å². The van der Waals surface area contributed by atoms with Crippen LogP contribution in [0.4, 0.5) is 0 Å². The highest BCUT2D eigenvalue weighted by atomic mass is 16.7.